The van der Waals surface area contributed by atoms with Gasteiger partial charge in [0.15, 0.2) is 0 Å². The number of carbonyl (C=O) groups excluding carboxylic acids is 1. The van der Waals surface area contributed by atoms with Crippen molar-refractivity contribution in [2.45, 2.75) is 31.7 Å². The van der Waals surface area contributed by atoms with Crippen molar-refractivity contribution in [3.8, 4) is 0 Å². The van der Waals surface area contributed by atoms with E-state index >= 15 is 0 Å². The van der Waals surface area contributed by atoms with E-state index in [1.165, 1.54) is 12.0 Å². The molecule has 1 unspecified atom stereocenters. The van der Waals surface area contributed by atoms with Crippen LogP contribution in [0.3, 0.4) is 0 Å². The van der Waals surface area contributed by atoms with E-state index in [-0.39, 0.29) is 24.4 Å². The summed E-state index contributed by atoms with van der Waals surface area (Å²) in [6.07, 6.45) is 4.28. The van der Waals surface area contributed by atoms with Gasteiger partial charge in [-0.05, 0) is 49.6 Å². The second kappa shape index (κ2) is 6.25. The van der Waals surface area contributed by atoms with Crippen molar-refractivity contribution in [3.63, 3.8) is 0 Å². The van der Waals surface area contributed by atoms with Crippen molar-refractivity contribution >= 4 is 39.9 Å². The van der Waals surface area contributed by atoms with Crippen LogP contribution in [0.25, 0.3) is 0 Å². The minimum atomic E-state index is 0. The highest BCUT2D eigenvalue weighted by molar-refractivity contribution is 9.10. The van der Waals surface area contributed by atoms with Crippen LogP contribution in [0, 0.1) is 0 Å². The Morgan fingerprint density at radius 3 is 2.95 bits per heavy atom. The van der Waals surface area contributed by atoms with E-state index in [9.17, 15) is 4.79 Å². The minimum absolute atomic E-state index is 0. The molecule has 0 saturated carbocycles. The van der Waals surface area contributed by atoms with E-state index < -0.39 is 0 Å². The van der Waals surface area contributed by atoms with E-state index in [2.05, 4.69) is 27.3 Å². The second-order valence-corrected chi connectivity index (χ2v) is 5.93. The van der Waals surface area contributed by atoms with Crippen LogP contribution in [-0.4, -0.2) is 25.0 Å². The summed E-state index contributed by atoms with van der Waals surface area (Å²) in [5.74, 6) is 0.246. The van der Waals surface area contributed by atoms with E-state index in [0.29, 0.717) is 0 Å². The zero-order valence-corrected chi connectivity index (χ0v) is 13.1. The van der Waals surface area contributed by atoms with Gasteiger partial charge in [0.1, 0.15) is 0 Å². The predicted molar refractivity (Wildman–Crippen MR) is 83.1 cm³/mol. The molecule has 104 valence electrons. The van der Waals surface area contributed by atoms with Crippen molar-refractivity contribution in [3.05, 3.63) is 28.2 Å². The summed E-state index contributed by atoms with van der Waals surface area (Å²) in [5, 5.41) is 3.34. The fourth-order valence-corrected chi connectivity index (χ4v) is 3.26. The summed E-state index contributed by atoms with van der Waals surface area (Å²) in [6.45, 7) is 1.79. The molecule has 3 rings (SSSR count). The number of anilines is 1. The van der Waals surface area contributed by atoms with Gasteiger partial charge in [0, 0.05) is 16.7 Å². The Kier molecular flexibility index (Phi) is 4.87. The first-order valence-corrected chi connectivity index (χ1v) is 7.38. The summed E-state index contributed by atoms with van der Waals surface area (Å²) in [6, 6.07) is 6.20. The largest absolute Gasteiger partial charge is 0.310 e. The van der Waals surface area contributed by atoms with Gasteiger partial charge in [-0.15, -0.1) is 12.4 Å². The Balaban J connectivity index is 0.00000133. The number of nitrogens with zero attached hydrogens (tertiary/aromatic N) is 1. The summed E-state index contributed by atoms with van der Waals surface area (Å²) < 4.78 is 1.09. The second-order valence-electron chi connectivity index (χ2n) is 5.02. The van der Waals surface area contributed by atoms with Crippen molar-refractivity contribution in [1.82, 2.24) is 5.32 Å². The minimum Gasteiger partial charge on any atom is -0.310 e. The van der Waals surface area contributed by atoms with Gasteiger partial charge in [-0.1, -0.05) is 22.4 Å². The molecule has 1 aromatic carbocycles. The number of benzene rings is 1. The third-order valence-corrected chi connectivity index (χ3v) is 4.30. The molecule has 1 saturated heterocycles. The Hall–Kier alpha value is -0.580. The number of fused-ring (bicyclic) bond motifs is 1. The van der Waals surface area contributed by atoms with Gasteiger partial charge >= 0.3 is 0 Å². The molecule has 2 aliphatic rings. The zero-order valence-electron chi connectivity index (χ0n) is 10.7. The lowest BCUT2D eigenvalue weighted by atomic mass is 10.0. The van der Waals surface area contributed by atoms with Gasteiger partial charge in [0.2, 0.25) is 5.91 Å². The van der Waals surface area contributed by atoms with E-state index in [0.717, 1.165) is 42.5 Å². The topological polar surface area (TPSA) is 32.3 Å². The first-order chi connectivity index (χ1) is 8.75. The standard InChI is InChI=1S/C14H17BrN2O.ClH/c15-11-4-5-13-10(9-11)6-8-17(13)14(18)12-3-1-2-7-16-12;/h4-5,9,12,16H,1-3,6-8H2;1H. The maximum absolute atomic E-state index is 12.5. The third-order valence-electron chi connectivity index (χ3n) is 3.81. The molecule has 0 aliphatic carbocycles. The first-order valence-electron chi connectivity index (χ1n) is 6.59. The van der Waals surface area contributed by atoms with Crippen LogP contribution in [-0.2, 0) is 11.2 Å². The van der Waals surface area contributed by atoms with Crippen molar-refractivity contribution < 1.29 is 4.79 Å². The number of nitrogens with one attached hydrogen (secondary N) is 1. The number of amides is 1. The molecule has 3 nitrogen and oxygen atoms in total. The summed E-state index contributed by atoms with van der Waals surface area (Å²) in [5.41, 5.74) is 2.36. The number of hydrogen-bond donors (Lipinski definition) is 1. The highest BCUT2D eigenvalue weighted by atomic mass is 79.9. The monoisotopic (exact) mass is 344 g/mol. The lowest BCUT2D eigenvalue weighted by molar-refractivity contribution is -0.121. The molecule has 2 heterocycles. The molecule has 1 N–H and O–H groups in total. The number of piperidine rings is 1. The quantitative estimate of drug-likeness (QED) is 0.849. The molecule has 0 aromatic heterocycles. The molecule has 1 amide bonds. The molecule has 0 radical (unpaired) electrons. The van der Waals surface area contributed by atoms with Crippen molar-refractivity contribution in [2.75, 3.05) is 18.0 Å². The molecule has 1 aromatic rings. The van der Waals surface area contributed by atoms with Crippen LogP contribution in [0.2, 0.25) is 0 Å². The average Bonchev–Trinajstić information content (AvgIpc) is 2.81. The lowest BCUT2D eigenvalue weighted by Crippen LogP contribution is -2.48. The number of hydrogen-bond acceptors (Lipinski definition) is 2. The molecular formula is C14H18BrClN2O. The Morgan fingerprint density at radius 2 is 2.21 bits per heavy atom. The maximum Gasteiger partial charge on any atom is 0.244 e. The Labute approximate surface area is 128 Å². The van der Waals surface area contributed by atoms with E-state index in [1.54, 1.807) is 0 Å². The van der Waals surface area contributed by atoms with Gasteiger partial charge in [-0.25, -0.2) is 0 Å². The van der Waals surface area contributed by atoms with Gasteiger partial charge in [0.25, 0.3) is 0 Å². The molecule has 2 aliphatic heterocycles. The van der Waals surface area contributed by atoms with Crippen LogP contribution < -0.4 is 10.2 Å². The lowest BCUT2D eigenvalue weighted by Gasteiger charge is -2.27. The summed E-state index contributed by atoms with van der Waals surface area (Å²) >= 11 is 3.48. The van der Waals surface area contributed by atoms with Crippen LogP contribution in [0.4, 0.5) is 5.69 Å². The fourth-order valence-electron chi connectivity index (χ4n) is 2.85. The van der Waals surface area contributed by atoms with Crippen LogP contribution in [0.1, 0.15) is 24.8 Å². The fraction of sp³-hybridized carbons (Fsp3) is 0.500. The average molecular weight is 346 g/mol. The summed E-state index contributed by atoms with van der Waals surface area (Å²) in [4.78, 5) is 14.4. The van der Waals surface area contributed by atoms with E-state index in [1.807, 2.05) is 17.0 Å². The molecule has 1 atom stereocenters. The van der Waals surface area contributed by atoms with Gasteiger partial charge in [-0.2, -0.15) is 0 Å². The van der Waals surface area contributed by atoms with Crippen LogP contribution in [0.15, 0.2) is 22.7 Å². The molecule has 0 spiro atoms. The van der Waals surface area contributed by atoms with Gasteiger partial charge in [-0.3, -0.25) is 4.79 Å². The molecule has 5 heteroatoms. The van der Waals surface area contributed by atoms with Gasteiger partial charge in [0.05, 0.1) is 6.04 Å². The van der Waals surface area contributed by atoms with Gasteiger partial charge < -0.3 is 10.2 Å². The summed E-state index contributed by atoms with van der Waals surface area (Å²) in [7, 11) is 0. The highest BCUT2D eigenvalue weighted by Gasteiger charge is 2.30. The Morgan fingerprint density at radius 1 is 1.37 bits per heavy atom. The predicted octanol–water partition coefficient (Wildman–Crippen LogP) is 2.90. The van der Waals surface area contributed by atoms with Crippen LogP contribution >= 0.6 is 28.3 Å². The van der Waals surface area contributed by atoms with Crippen molar-refractivity contribution in [2.24, 2.45) is 0 Å². The maximum atomic E-state index is 12.5. The molecule has 19 heavy (non-hydrogen) atoms. The normalized spacial score (nSPS) is 21.7. The molecule has 0 bridgehead atoms. The Bertz CT molecular complexity index is 475. The number of carbonyl (C=O) groups is 1. The third kappa shape index (κ3) is 2.96. The van der Waals surface area contributed by atoms with E-state index in [4.69, 9.17) is 0 Å². The molecular weight excluding hydrogens is 328 g/mol. The van der Waals surface area contributed by atoms with Crippen molar-refractivity contribution in [1.29, 1.82) is 0 Å². The zero-order chi connectivity index (χ0) is 12.5. The first kappa shape index (κ1) is 14.8. The number of rotatable bonds is 1. The SMILES string of the molecule is Cl.O=C(C1CCCCN1)N1CCc2cc(Br)ccc21. The smallest absolute Gasteiger partial charge is 0.244 e. The molecule has 1 fully saturated rings. The highest BCUT2D eigenvalue weighted by Crippen LogP contribution is 2.31. The number of halogens is 2. The van der Waals surface area contributed by atoms with Crippen LogP contribution in [0.5, 0.6) is 0 Å².